The molecule has 0 saturated heterocycles. The molecular formula is C9H19NY-2. The Morgan fingerprint density at radius 3 is 1.82 bits per heavy atom. The summed E-state index contributed by atoms with van der Waals surface area (Å²) in [6, 6.07) is 0.139. The molecule has 0 bridgehead atoms. The third-order valence-corrected chi connectivity index (χ3v) is 1.96. The van der Waals surface area contributed by atoms with Crippen LogP contribution in [-0.2, 0) is 32.7 Å². The second kappa shape index (κ2) is 5.67. The van der Waals surface area contributed by atoms with Crippen molar-refractivity contribution in [3.63, 3.8) is 0 Å². The van der Waals surface area contributed by atoms with Crippen molar-refractivity contribution in [1.29, 1.82) is 0 Å². The fourth-order valence-electron chi connectivity index (χ4n) is 0.843. The van der Waals surface area contributed by atoms with E-state index in [0.717, 1.165) is 6.42 Å². The van der Waals surface area contributed by atoms with Crippen LogP contribution >= 0.6 is 0 Å². The Labute approximate surface area is 96.4 Å². The summed E-state index contributed by atoms with van der Waals surface area (Å²) in [4.78, 5) is 0. The van der Waals surface area contributed by atoms with Gasteiger partial charge in [0.05, 0.1) is 0 Å². The molecule has 0 aliphatic carbocycles. The Hall–Kier alpha value is 1.06. The van der Waals surface area contributed by atoms with Gasteiger partial charge in [-0.2, -0.15) is 12.3 Å². The van der Waals surface area contributed by atoms with Gasteiger partial charge in [0, 0.05) is 32.7 Å². The Balaban J connectivity index is 0. The zero-order chi connectivity index (χ0) is 8.36. The average molecular weight is 230 g/mol. The summed E-state index contributed by atoms with van der Waals surface area (Å²) in [5.41, 5.74) is 5.98. The van der Waals surface area contributed by atoms with Gasteiger partial charge in [0.25, 0.3) is 0 Å². The molecule has 2 atom stereocenters. The summed E-state index contributed by atoms with van der Waals surface area (Å²) in [5, 5.41) is 0. The molecular weight excluding hydrogens is 211 g/mol. The van der Waals surface area contributed by atoms with Crippen molar-refractivity contribution in [1.82, 2.24) is 0 Å². The van der Waals surface area contributed by atoms with Crippen LogP contribution in [0.2, 0.25) is 0 Å². The Morgan fingerprint density at radius 2 is 1.73 bits per heavy atom. The van der Waals surface area contributed by atoms with Gasteiger partial charge in [0.2, 0.25) is 0 Å². The van der Waals surface area contributed by atoms with Gasteiger partial charge >= 0.3 is 0 Å². The standard InChI is InChI=1S/C9H19N.Y/c1-6-8(10)7(2)9(3,4)5;/h7-8H,1-2,6,10H2,3-5H3;/q-2;. The van der Waals surface area contributed by atoms with Crippen LogP contribution < -0.4 is 5.73 Å². The third kappa shape index (κ3) is 5.33. The molecule has 0 rings (SSSR count). The van der Waals surface area contributed by atoms with Gasteiger partial charge in [-0.3, -0.25) is 0 Å². The van der Waals surface area contributed by atoms with Crippen molar-refractivity contribution >= 4 is 0 Å². The van der Waals surface area contributed by atoms with Gasteiger partial charge in [-0.25, -0.2) is 0 Å². The van der Waals surface area contributed by atoms with Crippen LogP contribution in [0.4, 0.5) is 0 Å². The molecule has 11 heavy (non-hydrogen) atoms. The summed E-state index contributed by atoms with van der Waals surface area (Å²) in [6.07, 6.45) is 0.769. The fourth-order valence-corrected chi connectivity index (χ4v) is 0.843. The number of nitrogens with two attached hydrogens (primary N) is 1. The minimum atomic E-state index is 0. The Bertz CT molecular complexity index is 96.2. The van der Waals surface area contributed by atoms with Crippen LogP contribution in [0.1, 0.15) is 27.2 Å². The molecule has 0 spiro atoms. The molecule has 65 valence electrons. The van der Waals surface area contributed by atoms with E-state index < -0.39 is 0 Å². The molecule has 2 N–H and O–H groups in total. The largest absolute Gasteiger partial charge is 0.342 e. The molecule has 0 aromatic carbocycles. The zero-order valence-corrected chi connectivity index (χ0v) is 10.8. The smallest absolute Gasteiger partial charge is 0 e. The molecule has 1 radical (unpaired) electrons. The van der Waals surface area contributed by atoms with Crippen molar-refractivity contribution in [2.45, 2.75) is 33.2 Å². The SMILES string of the molecule is [CH2-]CC(N)C([CH2-])C(C)(C)C.[Y]. The molecule has 0 aromatic heterocycles. The number of hydrogen-bond donors (Lipinski definition) is 1. The van der Waals surface area contributed by atoms with E-state index >= 15 is 0 Å². The second-order valence-electron chi connectivity index (χ2n) is 3.93. The predicted octanol–water partition coefficient (Wildman–Crippen LogP) is 2.03. The van der Waals surface area contributed by atoms with Crippen LogP contribution in [0.3, 0.4) is 0 Å². The molecule has 0 aromatic rings. The number of rotatable bonds is 2. The van der Waals surface area contributed by atoms with Gasteiger partial charge in [0.1, 0.15) is 0 Å². The summed E-state index contributed by atoms with van der Waals surface area (Å²) in [7, 11) is 0. The molecule has 0 heterocycles. The van der Waals surface area contributed by atoms with E-state index in [-0.39, 0.29) is 44.2 Å². The van der Waals surface area contributed by atoms with Crippen LogP contribution in [0.25, 0.3) is 0 Å². The first-order valence-corrected chi connectivity index (χ1v) is 3.77. The first-order chi connectivity index (χ1) is 4.39. The van der Waals surface area contributed by atoms with E-state index in [1.54, 1.807) is 0 Å². The summed E-state index contributed by atoms with van der Waals surface area (Å²) >= 11 is 0. The maximum atomic E-state index is 5.78. The van der Waals surface area contributed by atoms with Crippen molar-refractivity contribution in [2.75, 3.05) is 0 Å². The topological polar surface area (TPSA) is 26.0 Å². The van der Waals surface area contributed by atoms with E-state index in [2.05, 4.69) is 34.6 Å². The van der Waals surface area contributed by atoms with Crippen molar-refractivity contribution in [3.8, 4) is 0 Å². The van der Waals surface area contributed by atoms with Crippen LogP contribution in [0, 0.1) is 25.2 Å². The van der Waals surface area contributed by atoms with E-state index in [1.165, 1.54) is 0 Å². The second-order valence-corrected chi connectivity index (χ2v) is 3.93. The van der Waals surface area contributed by atoms with E-state index in [9.17, 15) is 0 Å². The molecule has 0 aliphatic heterocycles. The zero-order valence-electron chi connectivity index (χ0n) is 7.93. The molecule has 0 amide bonds. The fraction of sp³-hybridized carbons (Fsp3) is 0.778. The average Bonchev–Trinajstić information content (AvgIpc) is 1.83. The van der Waals surface area contributed by atoms with E-state index in [4.69, 9.17) is 5.73 Å². The Kier molecular flexibility index (Phi) is 7.51. The molecule has 0 aliphatic rings. The molecule has 1 nitrogen and oxygen atoms in total. The third-order valence-electron chi connectivity index (χ3n) is 1.96. The van der Waals surface area contributed by atoms with Gasteiger partial charge < -0.3 is 19.6 Å². The van der Waals surface area contributed by atoms with Gasteiger partial charge in [0.15, 0.2) is 0 Å². The molecule has 2 unspecified atom stereocenters. The maximum Gasteiger partial charge on any atom is 0 e. The summed E-state index contributed by atoms with van der Waals surface area (Å²) in [6.45, 7) is 14.2. The van der Waals surface area contributed by atoms with Gasteiger partial charge in [-0.05, 0) is 6.04 Å². The van der Waals surface area contributed by atoms with Gasteiger partial charge in [-0.1, -0.05) is 26.2 Å². The minimum absolute atomic E-state index is 0. The van der Waals surface area contributed by atoms with Crippen molar-refractivity contribution < 1.29 is 32.7 Å². The van der Waals surface area contributed by atoms with Gasteiger partial charge in [-0.15, -0.1) is 0 Å². The van der Waals surface area contributed by atoms with E-state index in [0.29, 0.717) is 5.92 Å². The molecule has 0 saturated carbocycles. The van der Waals surface area contributed by atoms with Crippen molar-refractivity contribution in [2.24, 2.45) is 17.1 Å². The first kappa shape index (κ1) is 14.6. The predicted molar refractivity (Wildman–Crippen MR) is 46.3 cm³/mol. The number of hydrogen-bond acceptors (Lipinski definition) is 1. The van der Waals surface area contributed by atoms with E-state index in [1.807, 2.05) is 0 Å². The molecule has 2 heteroatoms. The summed E-state index contributed by atoms with van der Waals surface area (Å²) in [5.74, 6) is 0.296. The van der Waals surface area contributed by atoms with Crippen LogP contribution in [0.5, 0.6) is 0 Å². The Morgan fingerprint density at radius 1 is 1.36 bits per heavy atom. The maximum absolute atomic E-state index is 5.78. The monoisotopic (exact) mass is 230 g/mol. The molecule has 0 fully saturated rings. The quantitative estimate of drug-likeness (QED) is 0.722. The summed E-state index contributed by atoms with van der Waals surface area (Å²) < 4.78 is 0. The normalized spacial score (nSPS) is 16.9. The minimum Gasteiger partial charge on any atom is -0.342 e. The van der Waals surface area contributed by atoms with Crippen LogP contribution in [-0.4, -0.2) is 6.04 Å². The van der Waals surface area contributed by atoms with Crippen LogP contribution in [0.15, 0.2) is 0 Å². The first-order valence-electron chi connectivity index (χ1n) is 3.77. The van der Waals surface area contributed by atoms with Crippen molar-refractivity contribution in [3.05, 3.63) is 13.8 Å².